The zero-order valence-electron chi connectivity index (χ0n) is 16.9. The van der Waals surface area contributed by atoms with Crippen molar-refractivity contribution in [2.75, 3.05) is 7.11 Å². The fourth-order valence-electron chi connectivity index (χ4n) is 3.51. The first-order chi connectivity index (χ1) is 14.2. The molecule has 0 saturated carbocycles. The lowest BCUT2D eigenvalue weighted by Crippen LogP contribution is -2.22. The highest BCUT2D eigenvalue weighted by Gasteiger charge is 2.17. The average molecular weight is 423 g/mol. The first-order valence-electron chi connectivity index (χ1n) is 9.40. The highest BCUT2D eigenvalue weighted by Crippen LogP contribution is 2.33. The van der Waals surface area contributed by atoms with E-state index in [1.165, 1.54) is 0 Å². The topological polar surface area (TPSA) is 53.4 Å². The Morgan fingerprint density at radius 3 is 2.37 bits per heavy atom. The van der Waals surface area contributed by atoms with E-state index in [1.807, 2.05) is 60.7 Å². The number of benzene rings is 2. The number of aromatic nitrogens is 2. The van der Waals surface area contributed by atoms with Crippen LogP contribution in [0.3, 0.4) is 0 Å². The van der Waals surface area contributed by atoms with Crippen LogP contribution in [0, 0.1) is 0 Å². The van der Waals surface area contributed by atoms with E-state index in [0.717, 1.165) is 27.8 Å². The summed E-state index contributed by atoms with van der Waals surface area (Å²) >= 11 is 0. The molecule has 0 bridgehead atoms. The Labute approximate surface area is 181 Å². The monoisotopic (exact) mass is 422 g/mol. The summed E-state index contributed by atoms with van der Waals surface area (Å²) in [4.78, 5) is 17.1. The number of rotatable bonds is 6. The molecule has 0 saturated heterocycles. The van der Waals surface area contributed by atoms with Crippen LogP contribution in [0.25, 0.3) is 21.9 Å². The first-order valence-corrected chi connectivity index (χ1v) is 9.40. The predicted octanol–water partition coefficient (Wildman–Crippen LogP) is 4.75. The molecule has 2 heterocycles. The van der Waals surface area contributed by atoms with E-state index in [4.69, 9.17) is 9.47 Å². The highest BCUT2D eigenvalue weighted by atomic mass is 35.5. The van der Waals surface area contributed by atoms with Gasteiger partial charge in [-0.05, 0) is 41.5 Å². The number of ether oxygens (including phenoxy) is 2. The second-order valence-corrected chi connectivity index (χ2v) is 6.81. The molecule has 0 radical (unpaired) electrons. The SMILES string of the molecule is COc1ccc2c(=O)n(C)c(COCc3ccncc3)c(-c3ccccc3)c2c1.Cl. The van der Waals surface area contributed by atoms with Gasteiger partial charge in [0.15, 0.2) is 0 Å². The number of hydrogen-bond acceptors (Lipinski definition) is 4. The molecule has 0 N–H and O–H groups in total. The molecular formula is C24H23ClN2O3. The third kappa shape index (κ3) is 4.22. The van der Waals surface area contributed by atoms with Crippen molar-refractivity contribution in [2.24, 2.45) is 7.05 Å². The second-order valence-electron chi connectivity index (χ2n) is 6.81. The zero-order valence-corrected chi connectivity index (χ0v) is 17.7. The van der Waals surface area contributed by atoms with Crippen molar-refractivity contribution < 1.29 is 9.47 Å². The van der Waals surface area contributed by atoms with Crippen molar-refractivity contribution in [3.8, 4) is 16.9 Å². The molecule has 0 aliphatic rings. The summed E-state index contributed by atoms with van der Waals surface area (Å²) in [6, 6.07) is 19.5. The Morgan fingerprint density at radius 2 is 1.67 bits per heavy atom. The quantitative estimate of drug-likeness (QED) is 0.450. The average Bonchev–Trinajstić information content (AvgIpc) is 2.78. The van der Waals surface area contributed by atoms with Gasteiger partial charge in [-0.3, -0.25) is 9.78 Å². The maximum absolute atomic E-state index is 13.0. The van der Waals surface area contributed by atoms with Crippen molar-refractivity contribution in [1.29, 1.82) is 0 Å². The van der Waals surface area contributed by atoms with E-state index in [0.29, 0.717) is 24.3 Å². The molecule has 5 nitrogen and oxygen atoms in total. The summed E-state index contributed by atoms with van der Waals surface area (Å²) in [5.41, 5.74) is 3.83. The van der Waals surface area contributed by atoms with Gasteiger partial charge in [-0.2, -0.15) is 0 Å². The van der Waals surface area contributed by atoms with Gasteiger partial charge in [0.25, 0.3) is 5.56 Å². The van der Waals surface area contributed by atoms with Crippen LogP contribution in [0.2, 0.25) is 0 Å². The molecule has 6 heteroatoms. The number of fused-ring (bicyclic) bond motifs is 1. The Hall–Kier alpha value is -3.15. The van der Waals surface area contributed by atoms with Crippen molar-refractivity contribution >= 4 is 23.2 Å². The normalized spacial score (nSPS) is 10.6. The largest absolute Gasteiger partial charge is 0.497 e. The molecule has 154 valence electrons. The van der Waals surface area contributed by atoms with E-state index in [-0.39, 0.29) is 18.0 Å². The van der Waals surface area contributed by atoms with Gasteiger partial charge >= 0.3 is 0 Å². The summed E-state index contributed by atoms with van der Waals surface area (Å²) < 4.78 is 13.1. The lowest BCUT2D eigenvalue weighted by molar-refractivity contribution is 0.102. The number of pyridine rings is 2. The maximum atomic E-state index is 13.0. The van der Waals surface area contributed by atoms with E-state index < -0.39 is 0 Å². The minimum atomic E-state index is -0.0511. The molecular weight excluding hydrogens is 400 g/mol. The van der Waals surface area contributed by atoms with Crippen LogP contribution in [-0.4, -0.2) is 16.7 Å². The van der Waals surface area contributed by atoms with Crippen molar-refractivity contribution in [2.45, 2.75) is 13.2 Å². The minimum Gasteiger partial charge on any atom is -0.497 e. The Morgan fingerprint density at radius 1 is 0.933 bits per heavy atom. The van der Waals surface area contributed by atoms with Crippen LogP contribution in [0.15, 0.2) is 77.9 Å². The Bertz CT molecular complexity index is 1190. The van der Waals surface area contributed by atoms with Crippen molar-refractivity contribution in [3.05, 3.63) is 94.7 Å². The lowest BCUT2D eigenvalue weighted by atomic mass is 9.96. The smallest absolute Gasteiger partial charge is 0.258 e. The molecule has 2 aromatic carbocycles. The fraction of sp³-hybridized carbons (Fsp3) is 0.167. The molecule has 30 heavy (non-hydrogen) atoms. The minimum absolute atomic E-state index is 0. The summed E-state index contributed by atoms with van der Waals surface area (Å²) in [5, 5.41) is 1.52. The van der Waals surface area contributed by atoms with Crippen molar-refractivity contribution in [1.82, 2.24) is 9.55 Å². The molecule has 0 fully saturated rings. The van der Waals surface area contributed by atoms with Crippen LogP contribution in [0.4, 0.5) is 0 Å². The molecule has 0 aliphatic heterocycles. The van der Waals surface area contributed by atoms with Gasteiger partial charge in [0, 0.05) is 35.8 Å². The van der Waals surface area contributed by atoms with Gasteiger partial charge in [-0.15, -0.1) is 12.4 Å². The van der Waals surface area contributed by atoms with Crippen LogP contribution >= 0.6 is 12.4 Å². The highest BCUT2D eigenvalue weighted by molar-refractivity contribution is 5.98. The number of halogens is 1. The molecule has 4 rings (SSSR count). The summed E-state index contributed by atoms with van der Waals surface area (Å²) in [6.07, 6.45) is 3.48. The van der Waals surface area contributed by atoms with Gasteiger partial charge in [0.1, 0.15) is 5.75 Å². The maximum Gasteiger partial charge on any atom is 0.258 e. The van der Waals surface area contributed by atoms with Crippen molar-refractivity contribution in [3.63, 3.8) is 0 Å². The van der Waals surface area contributed by atoms with Gasteiger partial charge in [-0.1, -0.05) is 30.3 Å². The first kappa shape index (κ1) is 21.6. The molecule has 2 aromatic heterocycles. The van der Waals surface area contributed by atoms with E-state index in [2.05, 4.69) is 4.98 Å². The van der Waals surface area contributed by atoms with E-state index in [1.54, 1.807) is 31.1 Å². The number of methoxy groups -OCH3 is 1. The summed E-state index contributed by atoms with van der Waals surface area (Å²) in [5.74, 6) is 0.714. The molecule has 0 atom stereocenters. The van der Waals surface area contributed by atoms with Gasteiger partial charge in [-0.25, -0.2) is 0 Å². The summed E-state index contributed by atoms with van der Waals surface area (Å²) in [6.45, 7) is 0.756. The van der Waals surface area contributed by atoms with Crippen LogP contribution in [0.5, 0.6) is 5.75 Å². The zero-order chi connectivity index (χ0) is 20.2. The third-order valence-electron chi connectivity index (χ3n) is 5.04. The Balaban J connectivity index is 0.00000256. The lowest BCUT2D eigenvalue weighted by Gasteiger charge is -2.18. The van der Waals surface area contributed by atoms with E-state index in [9.17, 15) is 4.79 Å². The fourth-order valence-corrected chi connectivity index (χ4v) is 3.51. The molecule has 0 spiro atoms. The number of nitrogens with zero attached hydrogens (tertiary/aromatic N) is 2. The molecule has 0 aliphatic carbocycles. The van der Waals surface area contributed by atoms with Crippen LogP contribution < -0.4 is 10.3 Å². The predicted molar refractivity (Wildman–Crippen MR) is 121 cm³/mol. The van der Waals surface area contributed by atoms with Gasteiger partial charge in [0.05, 0.1) is 26.0 Å². The molecule has 0 amide bonds. The third-order valence-corrected chi connectivity index (χ3v) is 5.04. The van der Waals surface area contributed by atoms with Crippen LogP contribution in [0.1, 0.15) is 11.3 Å². The van der Waals surface area contributed by atoms with Gasteiger partial charge in [0.2, 0.25) is 0 Å². The Kier molecular flexibility index (Phi) is 6.87. The summed E-state index contributed by atoms with van der Waals surface area (Å²) in [7, 11) is 3.42. The standard InChI is InChI=1S/C24H22N2O3.ClH/c1-26-22(16-29-15-17-10-12-25-13-11-17)23(18-6-4-3-5-7-18)21-14-19(28-2)8-9-20(21)24(26)27;/h3-14H,15-16H2,1-2H3;1H. The van der Waals surface area contributed by atoms with Gasteiger partial charge < -0.3 is 14.0 Å². The molecule has 4 aromatic rings. The molecule has 0 unspecified atom stereocenters. The van der Waals surface area contributed by atoms with Crippen LogP contribution in [-0.2, 0) is 25.0 Å². The second kappa shape index (κ2) is 9.57. The van der Waals surface area contributed by atoms with E-state index >= 15 is 0 Å². The number of hydrogen-bond donors (Lipinski definition) is 0.